The van der Waals surface area contributed by atoms with Gasteiger partial charge < -0.3 is 10.8 Å². The lowest BCUT2D eigenvalue weighted by Crippen LogP contribution is -2.44. The van der Waals surface area contributed by atoms with Crippen molar-refractivity contribution in [2.75, 3.05) is 12.3 Å². The third kappa shape index (κ3) is 6.60. The smallest absolute Gasteiger partial charge is 0.303 e. The highest BCUT2D eigenvalue weighted by Gasteiger charge is 2.32. The normalized spacial score (nSPS) is 19.2. The number of piperidine rings is 1. The largest absolute Gasteiger partial charge is 0.481 e. The first-order valence-corrected chi connectivity index (χ1v) is 11.2. The third-order valence-corrected chi connectivity index (χ3v) is 7.04. The topological polar surface area (TPSA) is 101 Å². The van der Waals surface area contributed by atoms with Gasteiger partial charge in [-0.15, -0.1) is 0 Å². The highest BCUT2D eigenvalue weighted by molar-refractivity contribution is 7.89. The number of nitrogens with zero attached hydrogens (tertiary/aromatic N) is 1. The number of sulfonamides is 1. The number of carbonyl (C=O) groups is 1. The lowest BCUT2D eigenvalue weighted by Gasteiger charge is -2.34. The summed E-state index contributed by atoms with van der Waals surface area (Å²) in [5, 5.41) is 9.05. The zero-order valence-electron chi connectivity index (χ0n) is 15.3. The van der Waals surface area contributed by atoms with E-state index in [1.165, 1.54) is 4.31 Å². The highest BCUT2D eigenvalue weighted by Crippen LogP contribution is 2.26. The molecule has 0 saturated carbocycles. The Balaban J connectivity index is 2.10. The summed E-state index contributed by atoms with van der Waals surface area (Å²) in [6.07, 6.45) is 5.27. The summed E-state index contributed by atoms with van der Waals surface area (Å²) in [5.74, 6) is -1.12. The van der Waals surface area contributed by atoms with Crippen LogP contribution in [-0.4, -0.2) is 42.1 Å². The van der Waals surface area contributed by atoms with E-state index in [9.17, 15) is 13.2 Å². The van der Waals surface area contributed by atoms with Crippen LogP contribution in [0.1, 0.15) is 49.7 Å². The van der Waals surface area contributed by atoms with Crippen molar-refractivity contribution >= 4 is 33.7 Å². The van der Waals surface area contributed by atoms with Crippen molar-refractivity contribution in [2.45, 2.75) is 51.1 Å². The van der Waals surface area contributed by atoms with Crippen molar-refractivity contribution < 1.29 is 18.3 Å². The fourth-order valence-corrected chi connectivity index (χ4v) is 5.65. The van der Waals surface area contributed by atoms with Crippen molar-refractivity contribution in [1.82, 2.24) is 4.31 Å². The van der Waals surface area contributed by atoms with Crippen molar-refractivity contribution in [2.24, 2.45) is 5.73 Å². The van der Waals surface area contributed by atoms with E-state index < -0.39 is 16.0 Å². The van der Waals surface area contributed by atoms with Gasteiger partial charge in [-0.3, -0.25) is 4.79 Å². The number of hydrogen-bond donors (Lipinski definition) is 2. The maximum absolute atomic E-state index is 12.9. The highest BCUT2D eigenvalue weighted by atomic mass is 35.5. The molecule has 1 fully saturated rings. The Morgan fingerprint density at radius 1 is 1.33 bits per heavy atom. The lowest BCUT2D eigenvalue weighted by molar-refractivity contribution is -0.137. The SMILES string of the molecule is NCc1ccccc1C=C(Cl)CS(=O)(=O)N1CCCCC1CCCC(=O)O. The van der Waals surface area contributed by atoms with Crippen LogP contribution in [0, 0.1) is 0 Å². The zero-order valence-corrected chi connectivity index (χ0v) is 16.9. The van der Waals surface area contributed by atoms with Crippen molar-refractivity contribution in [1.29, 1.82) is 0 Å². The summed E-state index contributed by atoms with van der Waals surface area (Å²) < 4.78 is 27.3. The van der Waals surface area contributed by atoms with Crippen molar-refractivity contribution in [3.63, 3.8) is 0 Å². The van der Waals surface area contributed by atoms with Gasteiger partial charge >= 0.3 is 5.97 Å². The number of aliphatic carboxylic acids is 1. The predicted octanol–water partition coefficient (Wildman–Crippen LogP) is 3.16. The van der Waals surface area contributed by atoms with Gasteiger partial charge in [0, 0.05) is 30.6 Å². The van der Waals surface area contributed by atoms with Crippen LogP contribution < -0.4 is 5.73 Å². The molecule has 2 rings (SSSR count). The van der Waals surface area contributed by atoms with Crippen LogP contribution >= 0.6 is 11.6 Å². The Morgan fingerprint density at radius 2 is 2.07 bits per heavy atom. The molecule has 27 heavy (non-hydrogen) atoms. The maximum atomic E-state index is 12.9. The molecule has 1 saturated heterocycles. The molecule has 1 unspecified atom stereocenters. The summed E-state index contributed by atoms with van der Waals surface area (Å²) in [5.41, 5.74) is 7.43. The first kappa shape index (κ1) is 21.9. The molecular formula is C19H27ClN2O4S. The first-order valence-electron chi connectivity index (χ1n) is 9.19. The standard InChI is InChI=1S/C19H27ClN2O4S/c20-17(12-15-6-1-2-7-16(15)13-21)14-27(25,26)22-11-4-3-8-18(22)9-5-10-19(23)24/h1-2,6-7,12,18H,3-5,8-11,13-14,21H2,(H,23,24). The van der Waals surface area contributed by atoms with Crippen LogP contribution in [0.4, 0.5) is 0 Å². The van der Waals surface area contributed by atoms with Gasteiger partial charge in [0.1, 0.15) is 5.75 Å². The van der Waals surface area contributed by atoms with Gasteiger partial charge in [-0.2, -0.15) is 4.31 Å². The van der Waals surface area contributed by atoms with Crippen LogP contribution in [0.3, 0.4) is 0 Å². The monoisotopic (exact) mass is 414 g/mol. The Bertz CT molecular complexity index is 780. The van der Waals surface area contributed by atoms with Gasteiger partial charge in [0.2, 0.25) is 10.0 Å². The van der Waals surface area contributed by atoms with Crippen LogP contribution in [-0.2, 0) is 21.4 Å². The molecule has 6 nitrogen and oxygen atoms in total. The predicted molar refractivity (Wildman–Crippen MR) is 108 cm³/mol. The Hall–Kier alpha value is -1.41. The summed E-state index contributed by atoms with van der Waals surface area (Å²) in [4.78, 5) is 10.7. The summed E-state index contributed by atoms with van der Waals surface area (Å²) in [6.45, 7) is 0.811. The van der Waals surface area contributed by atoms with Crippen molar-refractivity contribution in [3.05, 3.63) is 40.4 Å². The number of halogens is 1. The van der Waals surface area contributed by atoms with Gasteiger partial charge in [0.25, 0.3) is 0 Å². The molecule has 0 radical (unpaired) electrons. The molecular weight excluding hydrogens is 388 g/mol. The van der Waals surface area contributed by atoms with E-state index in [0.29, 0.717) is 25.9 Å². The number of carboxylic acids is 1. The number of nitrogens with two attached hydrogens (primary N) is 1. The van der Waals surface area contributed by atoms with Gasteiger partial charge in [0.15, 0.2) is 0 Å². The van der Waals surface area contributed by atoms with Gasteiger partial charge in [0.05, 0.1) is 0 Å². The molecule has 8 heteroatoms. The maximum Gasteiger partial charge on any atom is 0.303 e. The second-order valence-electron chi connectivity index (χ2n) is 6.80. The average molecular weight is 415 g/mol. The minimum absolute atomic E-state index is 0.0565. The van der Waals surface area contributed by atoms with E-state index in [4.69, 9.17) is 22.4 Å². The fraction of sp³-hybridized carbons (Fsp3) is 0.526. The Morgan fingerprint density at radius 3 is 2.78 bits per heavy atom. The van der Waals surface area contributed by atoms with E-state index in [1.807, 2.05) is 24.3 Å². The first-order chi connectivity index (χ1) is 12.8. The molecule has 0 spiro atoms. The van der Waals surface area contributed by atoms with E-state index >= 15 is 0 Å². The van der Waals surface area contributed by atoms with Crippen LogP contribution in [0.15, 0.2) is 29.3 Å². The van der Waals surface area contributed by atoms with Gasteiger partial charge in [-0.05, 0) is 42.9 Å². The molecule has 0 aromatic heterocycles. The zero-order chi connectivity index (χ0) is 19.9. The molecule has 0 aliphatic carbocycles. The quantitative estimate of drug-likeness (QED) is 0.646. The van der Waals surface area contributed by atoms with Gasteiger partial charge in [-0.1, -0.05) is 42.3 Å². The van der Waals surface area contributed by atoms with Crippen LogP contribution in [0.2, 0.25) is 0 Å². The van der Waals surface area contributed by atoms with Crippen LogP contribution in [0.25, 0.3) is 6.08 Å². The minimum atomic E-state index is -3.57. The molecule has 0 amide bonds. The molecule has 150 valence electrons. The van der Waals surface area contributed by atoms with Gasteiger partial charge in [-0.25, -0.2) is 8.42 Å². The molecule has 1 aromatic rings. The van der Waals surface area contributed by atoms with E-state index in [0.717, 1.165) is 30.4 Å². The molecule has 1 aliphatic rings. The summed E-state index contributed by atoms with van der Waals surface area (Å²) in [7, 11) is -3.57. The van der Waals surface area contributed by atoms with E-state index in [1.54, 1.807) is 6.08 Å². The molecule has 1 atom stereocenters. The van der Waals surface area contributed by atoms with Crippen LogP contribution in [0.5, 0.6) is 0 Å². The molecule has 1 heterocycles. The minimum Gasteiger partial charge on any atom is -0.481 e. The number of carboxylic acid groups (broad SMARTS) is 1. The van der Waals surface area contributed by atoms with E-state index in [-0.39, 0.29) is 23.2 Å². The summed E-state index contributed by atoms with van der Waals surface area (Å²) >= 11 is 6.28. The second kappa shape index (κ2) is 10.2. The summed E-state index contributed by atoms with van der Waals surface area (Å²) in [6, 6.07) is 7.32. The Kier molecular flexibility index (Phi) is 8.28. The molecule has 0 bridgehead atoms. The third-order valence-electron chi connectivity index (χ3n) is 4.77. The van der Waals surface area contributed by atoms with E-state index in [2.05, 4.69) is 0 Å². The lowest BCUT2D eigenvalue weighted by atomic mass is 10.00. The number of hydrogen-bond acceptors (Lipinski definition) is 4. The second-order valence-corrected chi connectivity index (χ2v) is 9.20. The number of benzene rings is 1. The Labute approximate surface area is 166 Å². The fourth-order valence-electron chi connectivity index (χ4n) is 3.45. The molecule has 3 N–H and O–H groups in total. The molecule has 1 aromatic carbocycles. The molecule has 1 aliphatic heterocycles. The number of rotatable bonds is 9. The average Bonchev–Trinajstić information content (AvgIpc) is 2.61. The van der Waals surface area contributed by atoms with Crippen molar-refractivity contribution in [3.8, 4) is 0 Å².